The van der Waals surface area contributed by atoms with Crippen molar-refractivity contribution >= 4 is 27.7 Å². The highest BCUT2D eigenvalue weighted by Crippen LogP contribution is 2.57. The smallest absolute Gasteiger partial charge is 0.376 e. The minimum Gasteiger partial charge on any atom is -0.376 e. The van der Waals surface area contributed by atoms with Gasteiger partial charge >= 0.3 is 11.4 Å². The number of benzene rings is 3. The molecule has 71 heavy (non-hydrogen) atoms. The summed E-state index contributed by atoms with van der Waals surface area (Å²) in [7, 11) is 3.78. The number of ether oxygens (including phenoxy) is 1. The Bertz CT molecular complexity index is 3600. The standard InChI is InChI=1S/C53H57F2N11O5/c1-29-21-36(22-30(2)44(29)54)66-46(63-19-18-62(50(63)69)41-14-13-40-37(45(41)55)28-56-61(40)8)43-32(4)64(52(27-38(43)58-66)16-9-10-17-60(52)7)47(67)42-24-35-23-33(34-15-20-70-51(5,6)26-34)11-12-39(35)65(42)53(25-31(53)3)48-57-49(68)71-59-48/h11-14,18-19,21-24,28,31-32,34H,9-10,15-17,20,25-27H2,1-8H3,(H,57,59,68)/t31-,32-,34-,52?,53-/m0/s1. The number of nitrogens with zero attached hydrogens (tertiary/aromatic N) is 10. The Morgan fingerprint density at radius 2 is 1.66 bits per heavy atom. The van der Waals surface area contributed by atoms with Gasteiger partial charge in [-0.05, 0) is 151 Å². The van der Waals surface area contributed by atoms with E-state index in [9.17, 15) is 4.79 Å². The number of nitrogens with one attached hydrogen (secondary N) is 1. The molecule has 4 aliphatic rings. The van der Waals surface area contributed by atoms with Gasteiger partial charge in [-0.25, -0.2) is 23.1 Å². The van der Waals surface area contributed by atoms with Crippen molar-refractivity contribution in [2.24, 2.45) is 13.0 Å². The topological polar surface area (TPSA) is 159 Å². The Kier molecular flexibility index (Phi) is 10.1. The van der Waals surface area contributed by atoms with Crippen molar-refractivity contribution < 1.29 is 22.8 Å². The van der Waals surface area contributed by atoms with Crippen molar-refractivity contribution in [2.75, 3.05) is 20.2 Å². The van der Waals surface area contributed by atoms with Gasteiger partial charge in [0.1, 0.15) is 28.5 Å². The molecule has 1 unspecified atom stereocenters. The van der Waals surface area contributed by atoms with Crippen LogP contribution < -0.4 is 11.4 Å². The number of aromatic amines is 1. The summed E-state index contributed by atoms with van der Waals surface area (Å²) in [6.07, 6.45) is 9.63. The summed E-state index contributed by atoms with van der Waals surface area (Å²) >= 11 is 0. The number of carbonyl (C=O) groups excluding carboxylic acids is 1. The van der Waals surface area contributed by atoms with Crippen LogP contribution in [0.5, 0.6) is 0 Å². The molecule has 3 aromatic carbocycles. The summed E-state index contributed by atoms with van der Waals surface area (Å²) in [5.41, 5.74) is 3.08. The molecule has 0 bridgehead atoms. The van der Waals surface area contributed by atoms with Crippen LogP contribution in [-0.2, 0) is 23.7 Å². The highest BCUT2D eigenvalue weighted by atomic mass is 19.1. The molecule has 3 fully saturated rings. The molecular weight excluding hydrogens is 909 g/mol. The van der Waals surface area contributed by atoms with Crippen LogP contribution in [0.3, 0.4) is 0 Å². The lowest BCUT2D eigenvalue weighted by Gasteiger charge is -2.56. The van der Waals surface area contributed by atoms with Crippen molar-refractivity contribution in [2.45, 2.75) is 115 Å². The van der Waals surface area contributed by atoms with Crippen LogP contribution in [0.2, 0.25) is 0 Å². The van der Waals surface area contributed by atoms with Crippen molar-refractivity contribution in [3.8, 4) is 17.2 Å². The number of rotatable bonds is 7. The number of imidazole rings is 1. The average Bonchev–Trinajstić information content (AvgIpc) is 3.96. The number of fused-ring (bicyclic) bond motifs is 3. The number of hydrogen-bond acceptors (Lipinski definition) is 9. The van der Waals surface area contributed by atoms with Crippen LogP contribution in [0.4, 0.5) is 8.78 Å². The van der Waals surface area contributed by atoms with E-state index in [-0.39, 0.29) is 40.2 Å². The molecule has 1 aliphatic carbocycles. The molecule has 3 aliphatic heterocycles. The molecule has 5 aromatic heterocycles. The van der Waals surface area contributed by atoms with E-state index in [0.717, 1.165) is 48.7 Å². The molecule has 12 rings (SSSR count). The Labute approximate surface area is 407 Å². The summed E-state index contributed by atoms with van der Waals surface area (Å²) in [5.74, 6) is -0.920. The van der Waals surface area contributed by atoms with E-state index in [1.54, 1.807) is 60.7 Å². The van der Waals surface area contributed by atoms with E-state index in [0.29, 0.717) is 76.8 Å². The van der Waals surface area contributed by atoms with Crippen LogP contribution >= 0.6 is 0 Å². The Hall–Kier alpha value is -6.92. The second-order valence-corrected chi connectivity index (χ2v) is 21.3. The van der Waals surface area contributed by atoms with Gasteiger partial charge in [0.25, 0.3) is 5.91 Å². The lowest BCUT2D eigenvalue weighted by atomic mass is 9.81. The number of H-pyrrole nitrogens is 1. The van der Waals surface area contributed by atoms with Crippen molar-refractivity contribution in [1.29, 1.82) is 0 Å². The third-order valence-electron chi connectivity index (χ3n) is 16.4. The highest BCUT2D eigenvalue weighted by molar-refractivity contribution is 6.00. The van der Waals surface area contributed by atoms with E-state index in [4.69, 9.17) is 14.4 Å². The van der Waals surface area contributed by atoms with Gasteiger partial charge in [-0.2, -0.15) is 10.2 Å². The zero-order valence-electron chi connectivity index (χ0n) is 41.2. The quantitative estimate of drug-likeness (QED) is 0.166. The average molecular weight is 966 g/mol. The minimum absolute atomic E-state index is 0.0230. The van der Waals surface area contributed by atoms with Gasteiger partial charge in [0.15, 0.2) is 11.6 Å². The van der Waals surface area contributed by atoms with Crippen molar-refractivity contribution in [1.82, 2.24) is 53.2 Å². The Morgan fingerprint density at radius 1 is 0.915 bits per heavy atom. The van der Waals surface area contributed by atoms with Crippen LogP contribution in [0.25, 0.3) is 39.0 Å². The molecule has 1 N–H and O–H groups in total. The second-order valence-electron chi connectivity index (χ2n) is 21.3. The molecule has 8 heterocycles. The lowest BCUT2D eigenvalue weighted by molar-refractivity contribution is -0.0784. The lowest BCUT2D eigenvalue weighted by Crippen LogP contribution is -2.66. The van der Waals surface area contributed by atoms with Crippen LogP contribution in [-0.4, -0.2) is 90.6 Å². The fourth-order valence-corrected chi connectivity index (χ4v) is 12.7. The first kappa shape index (κ1) is 45.2. The molecule has 0 radical (unpaired) electrons. The molecular formula is C53H57F2N11O5. The maximum atomic E-state index is 16.5. The van der Waals surface area contributed by atoms with Gasteiger partial charge in [0.2, 0.25) is 0 Å². The van der Waals surface area contributed by atoms with E-state index in [1.165, 1.54) is 21.5 Å². The number of likely N-dealkylation sites (N-methyl/N-ethyl adjacent to an activating group) is 1. The fourth-order valence-electron chi connectivity index (χ4n) is 12.7. The van der Waals surface area contributed by atoms with Gasteiger partial charge in [0.05, 0.1) is 45.8 Å². The molecule has 16 nitrogen and oxygen atoms in total. The normalized spacial score (nSPS) is 24.4. The molecule has 5 atom stereocenters. The molecule has 1 spiro atoms. The van der Waals surface area contributed by atoms with Crippen molar-refractivity contribution in [3.05, 3.63) is 139 Å². The van der Waals surface area contributed by atoms with E-state index in [2.05, 4.69) is 70.7 Å². The number of piperidine rings is 1. The molecule has 8 aromatic rings. The first-order chi connectivity index (χ1) is 33.9. The predicted octanol–water partition coefficient (Wildman–Crippen LogP) is 8.25. The SMILES string of the molecule is Cc1cc(-n2nc3c(c2-n2ccn(-c4ccc5c(cnn5C)c4F)c2=O)[C@H](C)N(C(=O)c2cc4cc([C@H]5CCOC(C)(C)C5)ccc4n2[C@@]2(c4noc(=O)[nH]4)C[C@@H]2C)C2(CCCCN2C)C3)cc(C)c1F. The molecule has 2 saturated heterocycles. The number of amides is 1. The Morgan fingerprint density at radius 3 is 2.37 bits per heavy atom. The van der Waals surface area contributed by atoms with Crippen LogP contribution in [0.15, 0.2) is 81.2 Å². The third-order valence-corrected chi connectivity index (χ3v) is 16.4. The molecule has 1 amide bonds. The first-order valence-corrected chi connectivity index (χ1v) is 24.6. The zero-order valence-corrected chi connectivity index (χ0v) is 41.2. The minimum atomic E-state index is -0.893. The monoisotopic (exact) mass is 965 g/mol. The molecule has 368 valence electrons. The summed E-state index contributed by atoms with van der Waals surface area (Å²) in [5, 5.41) is 15.0. The maximum absolute atomic E-state index is 16.5. The van der Waals surface area contributed by atoms with Gasteiger partial charge in [-0.15, -0.1) is 0 Å². The Balaban J connectivity index is 1.07. The van der Waals surface area contributed by atoms with Crippen molar-refractivity contribution in [3.63, 3.8) is 0 Å². The van der Waals surface area contributed by atoms with Gasteiger partial charge < -0.3 is 14.2 Å². The number of carbonyl (C=O) groups is 1. The highest BCUT2D eigenvalue weighted by Gasteiger charge is 2.60. The summed E-state index contributed by atoms with van der Waals surface area (Å²) in [4.78, 5) is 51.3. The number of likely N-dealkylation sites (tertiary alicyclic amines) is 1. The predicted molar refractivity (Wildman–Crippen MR) is 262 cm³/mol. The summed E-state index contributed by atoms with van der Waals surface area (Å²) < 4.78 is 51.1. The summed E-state index contributed by atoms with van der Waals surface area (Å²) in [6, 6.07) is 14.4. The zero-order chi connectivity index (χ0) is 49.6. The third kappa shape index (κ3) is 6.65. The van der Waals surface area contributed by atoms with Gasteiger partial charge in [-0.1, -0.05) is 18.1 Å². The van der Waals surface area contributed by atoms with E-state index >= 15 is 18.4 Å². The molecule has 18 heteroatoms. The van der Waals surface area contributed by atoms with E-state index in [1.807, 2.05) is 17.9 Å². The van der Waals surface area contributed by atoms with Crippen LogP contribution in [0, 0.1) is 31.4 Å². The van der Waals surface area contributed by atoms with E-state index < -0.39 is 34.5 Å². The first-order valence-electron chi connectivity index (χ1n) is 24.6. The maximum Gasteiger partial charge on any atom is 0.438 e. The number of hydrogen-bond donors (Lipinski definition) is 1. The number of aryl methyl sites for hydroxylation is 3. The number of halogens is 2. The van der Waals surface area contributed by atoms with Gasteiger partial charge in [-0.3, -0.25) is 33.0 Å². The molecule has 1 saturated carbocycles. The second kappa shape index (κ2) is 15.8. The largest absolute Gasteiger partial charge is 0.438 e. The summed E-state index contributed by atoms with van der Waals surface area (Å²) in [6.45, 7) is 13.1. The van der Waals surface area contributed by atoms with Crippen LogP contribution in [0.1, 0.15) is 122 Å². The van der Waals surface area contributed by atoms with Gasteiger partial charge in [0, 0.05) is 55.5 Å². The fraction of sp³-hybridized carbons (Fsp3) is 0.434. The number of aromatic nitrogens is 9.